The molecule has 0 aromatic heterocycles. The van der Waals surface area contributed by atoms with Gasteiger partial charge in [0.15, 0.2) is 5.78 Å². The van der Waals surface area contributed by atoms with Crippen molar-refractivity contribution in [2.45, 2.75) is 6.92 Å². The number of ketones is 1. The molecule has 0 aliphatic rings. The Balaban J connectivity index is 1.99. The number of rotatable bonds is 6. The van der Waals surface area contributed by atoms with Gasteiger partial charge in [0.1, 0.15) is 5.75 Å². The van der Waals surface area contributed by atoms with Crippen LogP contribution in [0.1, 0.15) is 21.5 Å². The first-order chi connectivity index (χ1) is 10.6. The summed E-state index contributed by atoms with van der Waals surface area (Å²) >= 11 is 0. The van der Waals surface area contributed by atoms with Crippen LogP contribution in [0.15, 0.2) is 61.2 Å². The Bertz CT molecular complexity index is 669. The van der Waals surface area contributed by atoms with Crippen molar-refractivity contribution in [1.82, 2.24) is 0 Å². The molecule has 4 heteroatoms. The molecular formula is C18H16O4. The Hall–Kier alpha value is -2.88. The SMILES string of the molecule is C=CC(=O)OCOc1ccc(C(=O)c2ccc(C)cc2)cc1. The predicted molar refractivity (Wildman–Crippen MR) is 82.8 cm³/mol. The molecule has 0 spiro atoms. The summed E-state index contributed by atoms with van der Waals surface area (Å²) in [6.45, 7) is 5.06. The van der Waals surface area contributed by atoms with E-state index in [9.17, 15) is 9.59 Å². The summed E-state index contributed by atoms with van der Waals surface area (Å²) in [6.07, 6.45) is 1.06. The molecule has 0 unspecified atom stereocenters. The smallest absolute Gasteiger partial charge is 0.333 e. The van der Waals surface area contributed by atoms with Crippen LogP contribution in [0, 0.1) is 6.92 Å². The summed E-state index contributed by atoms with van der Waals surface area (Å²) in [7, 11) is 0. The van der Waals surface area contributed by atoms with Gasteiger partial charge >= 0.3 is 5.97 Å². The Kier molecular flexibility index (Phi) is 5.09. The van der Waals surface area contributed by atoms with Gasteiger partial charge in [-0.1, -0.05) is 36.4 Å². The predicted octanol–water partition coefficient (Wildman–Crippen LogP) is 3.29. The van der Waals surface area contributed by atoms with E-state index in [2.05, 4.69) is 6.58 Å². The minimum absolute atomic E-state index is 0.0513. The van der Waals surface area contributed by atoms with Gasteiger partial charge in [-0.15, -0.1) is 0 Å². The van der Waals surface area contributed by atoms with E-state index in [1.807, 2.05) is 19.1 Å². The monoisotopic (exact) mass is 296 g/mol. The van der Waals surface area contributed by atoms with Crippen molar-refractivity contribution in [3.05, 3.63) is 77.9 Å². The van der Waals surface area contributed by atoms with E-state index >= 15 is 0 Å². The van der Waals surface area contributed by atoms with Gasteiger partial charge in [0.2, 0.25) is 6.79 Å². The van der Waals surface area contributed by atoms with Crippen LogP contribution in [0.25, 0.3) is 0 Å². The lowest BCUT2D eigenvalue weighted by atomic mass is 10.0. The zero-order chi connectivity index (χ0) is 15.9. The van der Waals surface area contributed by atoms with Crippen LogP contribution in [-0.4, -0.2) is 18.5 Å². The Morgan fingerprint density at radius 3 is 2.09 bits per heavy atom. The van der Waals surface area contributed by atoms with Crippen molar-refractivity contribution in [3.63, 3.8) is 0 Å². The second-order valence-electron chi connectivity index (χ2n) is 4.65. The van der Waals surface area contributed by atoms with E-state index in [1.165, 1.54) is 0 Å². The maximum atomic E-state index is 12.3. The number of esters is 1. The first kappa shape index (κ1) is 15.5. The van der Waals surface area contributed by atoms with Crippen LogP contribution < -0.4 is 4.74 Å². The fraction of sp³-hybridized carbons (Fsp3) is 0.111. The molecule has 2 aromatic rings. The van der Waals surface area contributed by atoms with E-state index in [1.54, 1.807) is 36.4 Å². The zero-order valence-corrected chi connectivity index (χ0v) is 12.2. The van der Waals surface area contributed by atoms with Gasteiger partial charge in [-0.3, -0.25) is 4.79 Å². The van der Waals surface area contributed by atoms with Crippen LogP contribution in [0.3, 0.4) is 0 Å². The molecule has 0 amide bonds. The Labute approximate surface area is 129 Å². The molecule has 0 bridgehead atoms. The van der Waals surface area contributed by atoms with Gasteiger partial charge in [0, 0.05) is 17.2 Å². The molecule has 0 saturated carbocycles. The van der Waals surface area contributed by atoms with Crippen LogP contribution in [0.4, 0.5) is 0 Å². The topological polar surface area (TPSA) is 52.6 Å². The summed E-state index contributed by atoms with van der Waals surface area (Å²) in [4.78, 5) is 23.2. The van der Waals surface area contributed by atoms with Crippen molar-refractivity contribution in [2.24, 2.45) is 0 Å². The highest BCUT2D eigenvalue weighted by molar-refractivity contribution is 6.09. The number of benzene rings is 2. The highest BCUT2D eigenvalue weighted by atomic mass is 16.7. The largest absolute Gasteiger partial charge is 0.457 e. The molecule has 0 saturated heterocycles. The number of ether oxygens (including phenoxy) is 2. The third-order valence-electron chi connectivity index (χ3n) is 3.02. The maximum Gasteiger partial charge on any atom is 0.333 e. The normalized spacial score (nSPS) is 9.86. The lowest BCUT2D eigenvalue weighted by Crippen LogP contribution is -2.07. The quantitative estimate of drug-likeness (QED) is 0.355. The number of carbonyl (C=O) groups is 2. The van der Waals surface area contributed by atoms with E-state index in [0.717, 1.165) is 11.6 Å². The third kappa shape index (κ3) is 4.06. The van der Waals surface area contributed by atoms with Crippen molar-refractivity contribution >= 4 is 11.8 Å². The van der Waals surface area contributed by atoms with Crippen LogP contribution in [0.2, 0.25) is 0 Å². The fourth-order valence-corrected chi connectivity index (χ4v) is 1.79. The summed E-state index contributed by atoms with van der Waals surface area (Å²) in [6, 6.07) is 14.1. The van der Waals surface area contributed by atoms with Gasteiger partial charge in [0.25, 0.3) is 0 Å². The number of hydrogen-bond acceptors (Lipinski definition) is 4. The molecule has 0 N–H and O–H groups in total. The summed E-state index contributed by atoms with van der Waals surface area (Å²) in [5.74, 6) is -0.0897. The number of carbonyl (C=O) groups excluding carboxylic acids is 2. The zero-order valence-electron chi connectivity index (χ0n) is 12.2. The summed E-state index contributed by atoms with van der Waals surface area (Å²) in [5.41, 5.74) is 2.31. The molecule has 0 aliphatic heterocycles. The second-order valence-corrected chi connectivity index (χ2v) is 4.65. The van der Waals surface area contributed by atoms with Crippen LogP contribution in [0.5, 0.6) is 5.75 Å². The molecular weight excluding hydrogens is 280 g/mol. The Morgan fingerprint density at radius 1 is 1.00 bits per heavy atom. The standard InChI is InChI=1S/C18H16O4/c1-3-17(19)22-12-21-16-10-8-15(9-11-16)18(20)14-6-4-13(2)5-7-14/h3-11H,1,12H2,2H3. The van der Waals surface area contributed by atoms with Gasteiger partial charge in [-0.2, -0.15) is 0 Å². The molecule has 0 atom stereocenters. The minimum Gasteiger partial charge on any atom is -0.457 e. The van der Waals surface area contributed by atoms with Crippen molar-refractivity contribution < 1.29 is 19.1 Å². The van der Waals surface area contributed by atoms with Crippen molar-refractivity contribution in [3.8, 4) is 5.75 Å². The fourth-order valence-electron chi connectivity index (χ4n) is 1.79. The van der Waals surface area contributed by atoms with Crippen LogP contribution >= 0.6 is 0 Å². The summed E-state index contributed by atoms with van der Waals surface area (Å²) < 4.78 is 9.94. The number of hydrogen-bond donors (Lipinski definition) is 0. The molecule has 0 aliphatic carbocycles. The lowest BCUT2D eigenvalue weighted by molar-refractivity contribution is -0.144. The lowest BCUT2D eigenvalue weighted by Gasteiger charge is -2.07. The molecule has 0 heterocycles. The molecule has 2 aromatic carbocycles. The highest BCUT2D eigenvalue weighted by Gasteiger charge is 2.08. The average Bonchev–Trinajstić information content (AvgIpc) is 2.55. The van der Waals surface area contributed by atoms with Gasteiger partial charge in [-0.05, 0) is 31.2 Å². The second kappa shape index (κ2) is 7.22. The van der Waals surface area contributed by atoms with E-state index in [-0.39, 0.29) is 12.6 Å². The van der Waals surface area contributed by atoms with Gasteiger partial charge in [-0.25, -0.2) is 4.79 Å². The molecule has 112 valence electrons. The highest BCUT2D eigenvalue weighted by Crippen LogP contribution is 2.16. The Morgan fingerprint density at radius 2 is 1.55 bits per heavy atom. The average molecular weight is 296 g/mol. The molecule has 4 nitrogen and oxygen atoms in total. The van der Waals surface area contributed by atoms with Gasteiger partial charge < -0.3 is 9.47 Å². The third-order valence-corrected chi connectivity index (χ3v) is 3.02. The molecule has 0 radical (unpaired) electrons. The molecule has 0 fully saturated rings. The van der Waals surface area contributed by atoms with Crippen LogP contribution in [-0.2, 0) is 9.53 Å². The summed E-state index contributed by atoms with van der Waals surface area (Å²) in [5, 5.41) is 0. The molecule has 22 heavy (non-hydrogen) atoms. The van der Waals surface area contributed by atoms with E-state index < -0.39 is 5.97 Å². The van der Waals surface area contributed by atoms with Gasteiger partial charge in [0.05, 0.1) is 0 Å². The van der Waals surface area contributed by atoms with Crippen molar-refractivity contribution in [2.75, 3.05) is 6.79 Å². The minimum atomic E-state index is -0.550. The van der Waals surface area contributed by atoms with Crippen molar-refractivity contribution in [1.29, 1.82) is 0 Å². The number of aryl methyl sites for hydroxylation is 1. The first-order valence-electron chi connectivity index (χ1n) is 6.73. The first-order valence-corrected chi connectivity index (χ1v) is 6.73. The van der Waals surface area contributed by atoms with E-state index in [4.69, 9.17) is 9.47 Å². The molecule has 2 rings (SSSR count). The maximum absolute atomic E-state index is 12.3. The van der Waals surface area contributed by atoms with E-state index in [0.29, 0.717) is 16.9 Å².